The van der Waals surface area contributed by atoms with Crippen LogP contribution in [0, 0.1) is 23.7 Å². The van der Waals surface area contributed by atoms with Gasteiger partial charge in [0.15, 0.2) is 0 Å². The van der Waals surface area contributed by atoms with E-state index in [1.54, 1.807) is 0 Å². The van der Waals surface area contributed by atoms with E-state index in [4.69, 9.17) is 0 Å². The van der Waals surface area contributed by atoms with Gasteiger partial charge in [-0.1, -0.05) is 46.1 Å². The molecule has 0 aromatic heterocycles. The van der Waals surface area contributed by atoms with E-state index >= 15 is 0 Å². The average molecular weight is 208 g/mol. The third-order valence-electron chi connectivity index (χ3n) is 4.05. The van der Waals surface area contributed by atoms with Crippen LogP contribution >= 0.6 is 0 Å². The highest BCUT2D eigenvalue weighted by molar-refractivity contribution is 4.87. The van der Waals surface area contributed by atoms with Crippen LogP contribution < -0.4 is 0 Å². The summed E-state index contributed by atoms with van der Waals surface area (Å²) in [5.74, 6) is 3.55. The minimum atomic E-state index is 0.792. The third-order valence-corrected chi connectivity index (χ3v) is 4.05. The molecule has 0 heterocycles. The van der Waals surface area contributed by atoms with Crippen molar-refractivity contribution >= 4 is 0 Å². The van der Waals surface area contributed by atoms with Crippen LogP contribution in [0.25, 0.3) is 0 Å². The second kappa shape index (κ2) is 6.35. The van der Waals surface area contributed by atoms with Gasteiger partial charge in [0.25, 0.3) is 0 Å². The van der Waals surface area contributed by atoms with Crippen molar-refractivity contribution in [2.75, 3.05) is 0 Å². The van der Waals surface area contributed by atoms with Gasteiger partial charge in [0.1, 0.15) is 0 Å². The molecule has 1 aliphatic carbocycles. The molecule has 0 aromatic carbocycles. The third kappa shape index (κ3) is 4.40. The summed E-state index contributed by atoms with van der Waals surface area (Å²) in [6, 6.07) is 0. The molecule has 0 aromatic rings. The van der Waals surface area contributed by atoms with E-state index in [9.17, 15) is 0 Å². The maximum absolute atomic E-state index is 4.03. The molecule has 0 aliphatic heterocycles. The summed E-state index contributed by atoms with van der Waals surface area (Å²) in [4.78, 5) is 0. The zero-order valence-corrected chi connectivity index (χ0v) is 10.8. The van der Waals surface area contributed by atoms with Crippen LogP contribution in [0.15, 0.2) is 12.7 Å². The lowest BCUT2D eigenvalue weighted by Gasteiger charge is -2.31. The normalized spacial score (nSPS) is 29.1. The van der Waals surface area contributed by atoms with Crippen molar-refractivity contribution in [3.05, 3.63) is 12.7 Å². The zero-order chi connectivity index (χ0) is 11.3. The summed E-state index contributed by atoms with van der Waals surface area (Å²) in [5, 5.41) is 0. The van der Waals surface area contributed by atoms with Crippen LogP contribution in [0.3, 0.4) is 0 Å². The van der Waals surface area contributed by atoms with E-state index in [-0.39, 0.29) is 0 Å². The Balaban J connectivity index is 2.34. The molecule has 88 valence electrons. The first-order chi connectivity index (χ1) is 7.13. The topological polar surface area (TPSA) is 0 Å². The number of hydrogen-bond acceptors (Lipinski definition) is 0. The Hall–Kier alpha value is -0.260. The quantitative estimate of drug-likeness (QED) is 0.555. The van der Waals surface area contributed by atoms with Gasteiger partial charge in [0.2, 0.25) is 0 Å². The minimum Gasteiger partial charge on any atom is -0.103 e. The maximum Gasteiger partial charge on any atom is -0.0208 e. The Morgan fingerprint density at radius 3 is 2.20 bits per heavy atom. The summed E-state index contributed by atoms with van der Waals surface area (Å²) in [6.07, 6.45) is 10.7. The lowest BCUT2D eigenvalue weighted by molar-refractivity contribution is 0.226. The van der Waals surface area contributed by atoms with Gasteiger partial charge in [0, 0.05) is 0 Å². The molecule has 1 unspecified atom stereocenters. The van der Waals surface area contributed by atoms with Crippen molar-refractivity contribution in [3.8, 4) is 0 Å². The molecule has 0 spiro atoms. The molecule has 1 aliphatic rings. The van der Waals surface area contributed by atoms with Gasteiger partial charge < -0.3 is 0 Å². The maximum atomic E-state index is 4.03. The first-order valence-corrected chi connectivity index (χ1v) is 6.76. The minimum absolute atomic E-state index is 0.792. The van der Waals surface area contributed by atoms with Crippen LogP contribution in [0.2, 0.25) is 0 Å². The van der Waals surface area contributed by atoms with Crippen LogP contribution in [0.4, 0.5) is 0 Å². The lowest BCUT2D eigenvalue weighted by atomic mass is 9.74. The summed E-state index contributed by atoms with van der Waals surface area (Å²) in [5.41, 5.74) is 0. The standard InChI is InChI=1S/C15H28/c1-5-14(9-6-12(2)3)15-10-7-13(4)8-11-15/h5,12-15H,1,6-11H2,2-4H3. The summed E-state index contributed by atoms with van der Waals surface area (Å²) >= 11 is 0. The van der Waals surface area contributed by atoms with Crippen molar-refractivity contribution in [2.45, 2.75) is 59.3 Å². The Kier molecular flexibility index (Phi) is 5.42. The molecule has 15 heavy (non-hydrogen) atoms. The van der Waals surface area contributed by atoms with Crippen molar-refractivity contribution in [3.63, 3.8) is 0 Å². The Labute approximate surface area is 96.2 Å². The highest BCUT2D eigenvalue weighted by Crippen LogP contribution is 2.35. The molecule has 1 atom stereocenters. The number of rotatable bonds is 5. The van der Waals surface area contributed by atoms with Crippen LogP contribution in [-0.4, -0.2) is 0 Å². The monoisotopic (exact) mass is 208 g/mol. The molecular weight excluding hydrogens is 180 g/mol. The van der Waals surface area contributed by atoms with Crippen molar-refractivity contribution in [2.24, 2.45) is 23.7 Å². The first-order valence-electron chi connectivity index (χ1n) is 6.76. The second-order valence-corrected chi connectivity index (χ2v) is 5.89. The van der Waals surface area contributed by atoms with E-state index in [0.29, 0.717) is 0 Å². The van der Waals surface area contributed by atoms with Crippen LogP contribution in [-0.2, 0) is 0 Å². The van der Waals surface area contributed by atoms with Gasteiger partial charge in [-0.05, 0) is 42.9 Å². The molecule has 0 amide bonds. The van der Waals surface area contributed by atoms with Gasteiger partial charge in [-0.3, -0.25) is 0 Å². The fraction of sp³-hybridized carbons (Fsp3) is 0.867. The van der Waals surface area contributed by atoms with Gasteiger partial charge >= 0.3 is 0 Å². The summed E-state index contributed by atoms with van der Waals surface area (Å²) in [7, 11) is 0. The molecule has 0 N–H and O–H groups in total. The zero-order valence-electron chi connectivity index (χ0n) is 10.8. The molecule has 0 nitrogen and oxygen atoms in total. The largest absolute Gasteiger partial charge is 0.103 e. The number of allylic oxidation sites excluding steroid dienone is 1. The van der Waals surface area contributed by atoms with Crippen molar-refractivity contribution < 1.29 is 0 Å². The van der Waals surface area contributed by atoms with E-state index in [0.717, 1.165) is 23.7 Å². The highest BCUT2D eigenvalue weighted by atomic mass is 14.3. The molecule has 0 saturated heterocycles. The smallest absolute Gasteiger partial charge is 0.0208 e. The SMILES string of the molecule is C=CC(CCC(C)C)C1CCC(C)CC1. The molecular formula is C15H28. The van der Waals surface area contributed by atoms with E-state index in [1.165, 1.54) is 38.5 Å². The first kappa shape index (κ1) is 12.8. The van der Waals surface area contributed by atoms with E-state index in [2.05, 4.69) is 33.4 Å². The molecule has 1 saturated carbocycles. The molecule has 0 radical (unpaired) electrons. The Morgan fingerprint density at radius 2 is 1.73 bits per heavy atom. The highest BCUT2D eigenvalue weighted by Gasteiger charge is 2.23. The van der Waals surface area contributed by atoms with Crippen molar-refractivity contribution in [1.82, 2.24) is 0 Å². The van der Waals surface area contributed by atoms with Gasteiger partial charge in [-0.2, -0.15) is 0 Å². The van der Waals surface area contributed by atoms with Crippen LogP contribution in [0.1, 0.15) is 59.3 Å². The fourth-order valence-corrected chi connectivity index (χ4v) is 2.79. The Morgan fingerprint density at radius 1 is 1.13 bits per heavy atom. The summed E-state index contributed by atoms with van der Waals surface area (Å²) in [6.45, 7) is 11.1. The predicted octanol–water partition coefficient (Wildman–Crippen LogP) is 5.05. The van der Waals surface area contributed by atoms with Crippen LogP contribution in [0.5, 0.6) is 0 Å². The van der Waals surface area contributed by atoms with E-state index < -0.39 is 0 Å². The number of hydrogen-bond donors (Lipinski definition) is 0. The second-order valence-electron chi connectivity index (χ2n) is 5.89. The van der Waals surface area contributed by atoms with Crippen molar-refractivity contribution in [1.29, 1.82) is 0 Å². The van der Waals surface area contributed by atoms with E-state index in [1.807, 2.05) is 0 Å². The molecule has 0 bridgehead atoms. The van der Waals surface area contributed by atoms with Gasteiger partial charge in [0.05, 0.1) is 0 Å². The average Bonchev–Trinajstić information content (AvgIpc) is 2.21. The van der Waals surface area contributed by atoms with Gasteiger partial charge in [-0.25, -0.2) is 0 Å². The lowest BCUT2D eigenvalue weighted by Crippen LogP contribution is -2.19. The Bertz CT molecular complexity index is 172. The predicted molar refractivity (Wildman–Crippen MR) is 68.9 cm³/mol. The van der Waals surface area contributed by atoms with Gasteiger partial charge in [-0.15, -0.1) is 6.58 Å². The summed E-state index contributed by atoms with van der Waals surface area (Å²) < 4.78 is 0. The molecule has 1 fully saturated rings. The molecule has 0 heteroatoms. The fourth-order valence-electron chi connectivity index (χ4n) is 2.79. The molecule has 1 rings (SSSR count).